The van der Waals surface area contributed by atoms with Crippen LogP contribution in [0.4, 0.5) is 11.5 Å². The molecule has 0 bridgehead atoms. The van der Waals surface area contributed by atoms with Crippen molar-refractivity contribution < 1.29 is 19.7 Å². The van der Waals surface area contributed by atoms with E-state index in [0.29, 0.717) is 5.69 Å². The Hall–Kier alpha value is -2.83. The first-order chi connectivity index (χ1) is 9.10. The molecular weight excluding hydrogens is 250 g/mol. The van der Waals surface area contributed by atoms with Gasteiger partial charge in [0.1, 0.15) is 11.3 Å². The number of nitrogens with zero attached hydrogens (tertiary/aromatic N) is 2. The minimum atomic E-state index is -1.14. The summed E-state index contributed by atoms with van der Waals surface area (Å²) in [6, 6.07) is 7.40. The van der Waals surface area contributed by atoms with E-state index >= 15 is 0 Å². The molecule has 7 nitrogen and oxygen atoms in total. The van der Waals surface area contributed by atoms with Gasteiger partial charge in [-0.15, -0.1) is 10.2 Å². The Morgan fingerprint density at radius 1 is 1.26 bits per heavy atom. The number of nitrogens with one attached hydrogen (secondary N) is 1. The number of hydrogen-bond donors (Lipinski definition) is 3. The van der Waals surface area contributed by atoms with Gasteiger partial charge in [-0.3, -0.25) is 0 Å². The second-order valence-electron chi connectivity index (χ2n) is 3.63. The molecule has 2 rings (SSSR count). The van der Waals surface area contributed by atoms with Crippen molar-refractivity contribution in [2.75, 3.05) is 12.4 Å². The van der Waals surface area contributed by atoms with Crippen molar-refractivity contribution in [3.8, 4) is 11.6 Å². The molecule has 0 aliphatic carbocycles. The molecule has 1 aromatic carbocycles. The molecule has 0 atom stereocenters. The van der Waals surface area contributed by atoms with Crippen LogP contribution >= 0.6 is 0 Å². The van der Waals surface area contributed by atoms with Crippen molar-refractivity contribution in [3.63, 3.8) is 0 Å². The van der Waals surface area contributed by atoms with Gasteiger partial charge >= 0.3 is 5.97 Å². The predicted molar refractivity (Wildman–Crippen MR) is 66.9 cm³/mol. The molecule has 2 aromatic rings. The maximum Gasteiger partial charge on any atom is 0.339 e. The van der Waals surface area contributed by atoms with E-state index in [1.807, 2.05) is 0 Å². The van der Waals surface area contributed by atoms with Gasteiger partial charge in [0, 0.05) is 11.8 Å². The Labute approximate surface area is 108 Å². The fourth-order valence-electron chi connectivity index (χ4n) is 1.41. The SMILES string of the molecule is COc1cc(C(=O)O)c(Nc2ccc(O)cc2)nn1. The molecule has 0 amide bonds. The normalized spacial score (nSPS) is 9.95. The fourth-order valence-corrected chi connectivity index (χ4v) is 1.41. The van der Waals surface area contributed by atoms with Crippen LogP contribution in [-0.2, 0) is 0 Å². The highest BCUT2D eigenvalue weighted by Gasteiger charge is 2.14. The molecule has 0 aliphatic rings. The van der Waals surface area contributed by atoms with Crippen LogP contribution in [-0.4, -0.2) is 33.5 Å². The number of phenols is 1. The van der Waals surface area contributed by atoms with Gasteiger partial charge in [0.15, 0.2) is 5.82 Å². The molecule has 0 unspecified atom stereocenters. The number of carboxylic acid groups (broad SMARTS) is 1. The van der Waals surface area contributed by atoms with Gasteiger partial charge in [0.25, 0.3) is 0 Å². The Kier molecular flexibility index (Phi) is 3.46. The predicted octanol–water partition coefficient (Wildman–Crippen LogP) is 1.63. The molecule has 0 saturated carbocycles. The van der Waals surface area contributed by atoms with Gasteiger partial charge in [-0.2, -0.15) is 0 Å². The summed E-state index contributed by atoms with van der Waals surface area (Å²) in [5.41, 5.74) is 0.527. The summed E-state index contributed by atoms with van der Waals surface area (Å²) < 4.78 is 4.83. The van der Waals surface area contributed by atoms with Crippen LogP contribution in [0.5, 0.6) is 11.6 Å². The number of benzene rings is 1. The highest BCUT2D eigenvalue weighted by atomic mass is 16.5. The van der Waals surface area contributed by atoms with E-state index < -0.39 is 5.97 Å². The number of carboxylic acids is 1. The van der Waals surface area contributed by atoms with Crippen LogP contribution in [0.2, 0.25) is 0 Å². The zero-order valence-corrected chi connectivity index (χ0v) is 9.99. The number of rotatable bonds is 4. The smallest absolute Gasteiger partial charge is 0.339 e. The summed E-state index contributed by atoms with van der Waals surface area (Å²) in [6.45, 7) is 0. The first-order valence-electron chi connectivity index (χ1n) is 5.31. The lowest BCUT2D eigenvalue weighted by Crippen LogP contribution is -2.07. The molecule has 19 heavy (non-hydrogen) atoms. The summed E-state index contributed by atoms with van der Waals surface area (Å²) >= 11 is 0. The molecule has 1 aromatic heterocycles. The molecule has 0 aliphatic heterocycles. The molecule has 0 radical (unpaired) electrons. The summed E-state index contributed by atoms with van der Waals surface area (Å²) in [4.78, 5) is 11.1. The monoisotopic (exact) mass is 261 g/mol. The first kappa shape index (κ1) is 12.6. The van der Waals surface area contributed by atoms with Crippen LogP contribution < -0.4 is 10.1 Å². The topological polar surface area (TPSA) is 105 Å². The van der Waals surface area contributed by atoms with E-state index in [1.165, 1.54) is 25.3 Å². The number of methoxy groups -OCH3 is 1. The molecule has 0 saturated heterocycles. The largest absolute Gasteiger partial charge is 0.508 e. The maximum atomic E-state index is 11.1. The molecule has 3 N–H and O–H groups in total. The minimum Gasteiger partial charge on any atom is -0.508 e. The number of anilines is 2. The van der Waals surface area contributed by atoms with E-state index in [2.05, 4.69) is 15.5 Å². The van der Waals surface area contributed by atoms with Crippen molar-refractivity contribution in [2.45, 2.75) is 0 Å². The molecule has 0 fully saturated rings. The zero-order chi connectivity index (χ0) is 13.8. The van der Waals surface area contributed by atoms with Crippen molar-refractivity contribution in [1.82, 2.24) is 10.2 Å². The third kappa shape index (κ3) is 2.89. The van der Waals surface area contributed by atoms with Gasteiger partial charge in [-0.05, 0) is 24.3 Å². The summed E-state index contributed by atoms with van der Waals surface area (Å²) in [5, 5.41) is 28.5. The molecule has 1 heterocycles. The molecule has 98 valence electrons. The third-order valence-electron chi connectivity index (χ3n) is 2.34. The molecular formula is C12H11N3O4. The zero-order valence-electron chi connectivity index (χ0n) is 9.99. The third-order valence-corrected chi connectivity index (χ3v) is 2.34. The van der Waals surface area contributed by atoms with E-state index in [9.17, 15) is 4.79 Å². The maximum absolute atomic E-state index is 11.1. The quantitative estimate of drug-likeness (QED) is 0.718. The highest BCUT2D eigenvalue weighted by Crippen LogP contribution is 2.22. The second kappa shape index (κ2) is 5.21. The highest BCUT2D eigenvalue weighted by molar-refractivity contribution is 5.94. The Bertz CT molecular complexity index is 598. The first-order valence-corrected chi connectivity index (χ1v) is 5.31. The summed E-state index contributed by atoms with van der Waals surface area (Å²) in [6.07, 6.45) is 0. The van der Waals surface area contributed by atoms with Crippen molar-refractivity contribution in [1.29, 1.82) is 0 Å². The lowest BCUT2D eigenvalue weighted by molar-refractivity contribution is 0.0697. The number of hydrogen-bond acceptors (Lipinski definition) is 6. The van der Waals surface area contributed by atoms with Gasteiger partial charge in [-0.1, -0.05) is 0 Å². The fraction of sp³-hybridized carbons (Fsp3) is 0.0833. The van der Waals surface area contributed by atoms with Crippen molar-refractivity contribution in [3.05, 3.63) is 35.9 Å². The van der Waals surface area contributed by atoms with Crippen LogP contribution in [0.15, 0.2) is 30.3 Å². The van der Waals surface area contributed by atoms with E-state index in [4.69, 9.17) is 14.9 Å². The van der Waals surface area contributed by atoms with Gasteiger partial charge in [-0.25, -0.2) is 4.79 Å². The van der Waals surface area contributed by atoms with Crippen LogP contribution in [0.1, 0.15) is 10.4 Å². The average molecular weight is 261 g/mol. The number of aromatic hydroxyl groups is 1. The minimum absolute atomic E-state index is 0.0556. The summed E-state index contributed by atoms with van der Waals surface area (Å²) in [5.74, 6) is -0.813. The average Bonchev–Trinajstić information content (AvgIpc) is 2.41. The molecule has 0 spiro atoms. The van der Waals surface area contributed by atoms with Crippen LogP contribution in [0.3, 0.4) is 0 Å². The Balaban J connectivity index is 2.33. The standard InChI is InChI=1S/C12H11N3O4/c1-19-10-6-9(12(17)18)11(15-14-10)13-7-2-4-8(16)5-3-7/h2-6,16H,1H3,(H,13,15)(H,17,18). The number of ether oxygens (including phenoxy) is 1. The molecule has 7 heteroatoms. The Morgan fingerprint density at radius 3 is 2.53 bits per heavy atom. The van der Waals surface area contributed by atoms with Gasteiger partial charge in [0.05, 0.1) is 7.11 Å². The Morgan fingerprint density at radius 2 is 1.95 bits per heavy atom. The van der Waals surface area contributed by atoms with Crippen molar-refractivity contribution in [2.24, 2.45) is 0 Å². The van der Waals surface area contributed by atoms with E-state index in [1.54, 1.807) is 12.1 Å². The van der Waals surface area contributed by atoms with Crippen molar-refractivity contribution >= 4 is 17.5 Å². The van der Waals surface area contributed by atoms with Crippen LogP contribution in [0.25, 0.3) is 0 Å². The van der Waals surface area contributed by atoms with E-state index in [0.717, 1.165) is 0 Å². The number of aromatic nitrogens is 2. The lowest BCUT2D eigenvalue weighted by Gasteiger charge is -2.08. The van der Waals surface area contributed by atoms with Gasteiger partial charge in [0.2, 0.25) is 5.88 Å². The lowest BCUT2D eigenvalue weighted by atomic mass is 10.2. The van der Waals surface area contributed by atoms with Crippen LogP contribution in [0, 0.1) is 0 Å². The summed E-state index contributed by atoms with van der Waals surface area (Å²) in [7, 11) is 1.38. The number of aromatic carboxylic acids is 1. The number of carbonyl (C=O) groups is 1. The second-order valence-corrected chi connectivity index (χ2v) is 3.63. The number of phenolic OH excluding ortho intramolecular Hbond substituents is 1. The van der Waals surface area contributed by atoms with E-state index in [-0.39, 0.29) is 23.0 Å². The van der Waals surface area contributed by atoms with Gasteiger partial charge < -0.3 is 20.3 Å².